The Kier molecular flexibility index (Phi) is 7.91. The van der Waals surface area contributed by atoms with Crippen LogP contribution in [0.25, 0.3) is 0 Å². The summed E-state index contributed by atoms with van der Waals surface area (Å²) in [5.41, 5.74) is 1.33. The van der Waals surface area contributed by atoms with Gasteiger partial charge in [0.2, 0.25) is 12.0 Å². The molecule has 3 aromatic carbocycles. The maximum atomic E-state index is 14.2. The molecule has 1 saturated carbocycles. The van der Waals surface area contributed by atoms with E-state index in [1.54, 1.807) is 42.5 Å². The Bertz CT molecular complexity index is 1340. The topological polar surface area (TPSA) is 84.9 Å². The average Bonchev–Trinajstić information content (AvgIpc) is 2.96. The van der Waals surface area contributed by atoms with E-state index in [9.17, 15) is 18.8 Å². The van der Waals surface area contributed by atoms with Gasteiger partial charge in [0.25, 0.3) is 5.91 Å². The van der Waals surface area contributed by atoms with Gasteiger partial charge in [0.05, 0.1) is 0 Å². The first-order chi connectivity index (χ1) is 18.9. The van der Waals surface area contributed by atoms with E-state index in [4.69, 9.17) is 9.47 Å². The smallest absolute Gasteiger partial charge is 0.272 e. The predicted molar refractivity (Wildman–Crippen MR) is 144 cm³/mol. The molecule has 2 aliphatic rings. The van der Waals surface area contributed by atoms with Crippen LogP contribution in [0.15, 0.2) is 72.8 Å². The molecule has 7 nitrogen and oxygen atoms in total. The molecule has 2 atom stereocenters. The Morgan fingerprint density at radius 3 is 2.23 bits per heavy atom. The van der Waals surface area contributed by atoms with E-state index in [1.165, 1.54) is 36.1 Å². The van der Waals surface area contributed by atoms with Crippen molar-refractivity contribution in [3.05, 3.63) is 89.7 Å². The molecule has 1 aliphatic heterocycles. The Morgan fingerprint density at radius 2 is 1.56 bits per heavy atom. The minimum Gasteiger partial charge on any atom is -0.485 e. The lowest BCUT2D eigenvalue weighted by Crippen LogP contribution is -2.52. The molecule has 0 aromatic heterocycles. The number of carbonyl (C=O) groups excluding carboxylic acids is 3. The molecular weight excluding hydrogens is 499 g/mol. The first-order valence-corrected chi connectivity index (χ1v) is 13.3. The van der Waals surface area contributed by atoms with Crippen LogP contribution in [-0.4, -0.2) is 36.4 Å². The lowest BCUT2D eigenvalue weighted by molar-refractivity contribution is -0.132. The van der Waals surface area contributed by atoms with Crippen molar-refractivity contribution in [1.82, 2.24) is 5.32 Å². The maximum absolute atomic E-state index is 14.2. The molecular formula is C31H31FN2O5. The van der Waals surface area contributed by atoms with Crippen LogP contribution < -0.4 is 19.7 Å². The van der Waals surface area contributed by atoms with Gasteiger partial charge in [0.1, 0.15) is 18.5 Å². The third kappa shape index (κ3) is 5.95. The Hall–Kier alpha value is -4.20. The summed E-state index contributed by atoms with van der Waals surface area (Å²) < 4.78 is 25.7. The van der Waals surface area contributed by atoms with E-state index in [1.807, 2.05) is 6.07 Å². The normalized spacial score (nSPS) is 17.6. The van der Waals surface area contributed by atoms with Crippen LogP contribution in [0, 0.1) is 5.82 Å². The number of carbonyl (C=O) groups is 3. The van der Waals surface area contributed by atoms with E-state index >= 15 is 0 Å². The predicted octanol–water partition coefficient (Wildman–Crippen LogP) is 5.39. The van der Waals surface area contributed by atoms with Crippen LogP contribution in [0.5, 0.6) is 11.5 Å². The summed E-state index contributed by atoms with van der Waals surface area (Å²) in [5.74, 6) is -0.467. The molecule has 1 heterocycles. The number of anilines is 1. The van der Waals surface area contributed by atoms with Gasteiger partial charge in [-0.05, 0) is 73.9 Å². The van der Waals surface area contributed by atoms with E-state index in [0.717, 1.165) is 32.1 Å². The Morgan fingerprint density at radius 1 is 0.897 bits per heavy atom. The lowest BCUT2D eigenvalue weighted by Gasteiger charge is -2.36. The SMILES string of the molecule is CC(=O)c1ccc(N(C(=O)[C@H]2COc3ccccc3O2)[C@H](C(=O)NC2CCCCC2)c2ccc(F)cc2)cc1. The molecule has 39 heavy (non-hydrogen) atoms. The molecule has 2 amide bonds. The number of nitrogens with one attached hydrogen (secondary N) is 1. The van der Waals surface area contributed by atoms with Crippen molar-refractivity contribution in [2.24, 2.45) is 0 Å². The van der Waals surface area contributed by atoms with Crippen molar-refractivity contribution < 1.29 is 28.2 Å². The highest BCUT2D eigenvalue weighted by atomic mass is 19.1. The average molecular weight is 531 g/mol. The summed E-state index contributed by atoms with van der Waals surface area (Å²) in [6.45, 7) is 1.42. The number of halogens is 1. The number of rotatable bonds is 7. The summed E-state index contributed by atoms with van der Waals surface area (Å²) in [7, 11) is 0. The number of amides is 2. The molecule has 1 aliphatic carbocycles. The first-order valence-electron chi connectivity index (χ1n) is 13.3. The number of fused-ring (bicyclic) bond motifs is 1. The number of nitrogens with zero attached hydrogens (tertiary/aromatic N) is 1. The summed E-state index contributed by atoms with van der Waals surface area (Å²) in [5, 5.41) is 3.13. The minimum absolute atomic E-state index is 0.00706. The quantitative estimate of drug-likeness (QED) is 0.414. The van der Waals surface area contributed by atoms with Crippen LogP contribution in [0.1, 0.15) is 61.0 Å². The molecule has 202 valence electrons. The van der Waals surface area contributed by atoms with E-state index < -0.39 is 23.9 Å². The molecule has 1 fully saturated rings. The largest absolute Gasteiger partial charge is 0.485 e. The van der Waals surface area contributed by atoms with Gasteiger partial charge in [-0.1, -0.05) is 43.5 Å². The monoisotopic (exact) mass is 530 g/mol. The van der Waals surface area contributed by atoms with Crippen LogP contribution in [-0.2, 0) is 9.59 Å². The van der Waals surface area contributed by atoms with E-state index in [2.05, 4.69) is 5.32 Å². The van der Waals surface area contributed by atoms with Crippen molar-refractivity contribution in [2.75, 3.05) is 11.5 Å². The van der Waals surface area contributed by atoms with E-state index in [-0.39, 0.29) is 24.3 Å². The lowest BCUT2D eigenvalue weighted by atomic mass is 9.94. The van der Waals surface area contributed by atoms with Crippen molar-refractivity contribution in [3.63, 3.8) is 0 Å². The summed E-state index contributed by atoms with van der Waals surface area (Å²) in [4.78, 5) is 41.5. The second-order valence-electron chi connectivity index (χ2n) is 9.97. The number of ether oxygens (including phenoxy) is 2. The van der Waals surface area contributed by atoms with Crippen LogP contribution >= 0.6 is 0 Å². The summed E-state index contributed by atoms with van der Waals surface area (Å²) >= 11 is 0. The van der Waals surface area contributed by atoms with Gasteiger partial charge in [-0.2, -0.15) is 0 Å². The van der Waals surface area contributed by atoms with Crippen LogP contribution in [0.3, 0.4) is 0 Å². The molecule has 5 rings (SSSR count). The highest BCUT2D eigenvalue weighted by molar-refractivity contribution is 6.04. The van der Waals surface area contributed by atoms with Gasteiger partial charge in [-0.3, -0.25) is 19.3 Å². The Labute approximate surface area is 226 Å². The van der Waals surface area contributed by atoms with Crippen molar-refractivity contribution >= 4 is 23.3 Å². The standard InChI is InChI=1S/C31H31FN2O5/c1-20(35)21-13-17-25(18-14-21)34(31(37)28-19-38-26-9-5-6-10-27(26)39-28)29(22-11-15-23(32)16-12-22)30(36)33-24-7-3-2-4-8-24/h5-6,9-18,24,28-29H,2-4,7-8,19H2,1H3,(H,33,36)/t28-,29+/m1/s1. The number of hydrogen-bond acceptors (Lipinski definition) is 5. The number of hydrogen-bond donors (Lipinski definition) is 1. The fraction of sp³-hybridized carbons (Fsp3) is 0.323. The van der Waals surface area contributed by atoms with Gasteiger partial charge in [-0.15, -0.1) is 0 Å². The number of para-hydroxylation sites is 2. The molecule has 0 spiro atoms. The molecule has 1 N–H and O–H groups in total. The van der Waals surface area contributed by atoms with Crippen LogP contribution in [0.2, 0.25) is 0 Å². The minimum atomic E-state index is -1.11. The number of Topliss-reactive ketones (excluding diaryl/α,β-unsaturated/α-hetero) is 1. The van der Waals surface area contributed by atoms with Gasteiger partial charge in [0.15, 0.2) is 17.3 Å². The summed E-state index contributed by atoms with van der Waals surface area (Å²) in [6, 6.07) is 18.0. The molecule has 0 saturated heterocycles. The molecule has 8 heteroatoms. The van der Waals surface area contributed by atoms with E-state index in [0.29, 0.717) is 28.3 Å². The fourth-order valence-corrected chi connectivity index (χ4v) is 5.15. The van der Waals surface area contributed by atoms with Gasteiger partial charge >= 0.3 is 0 Å². The molecule has 0 radical (unpaired) electrons. The number of ketones is 1. The van der Waals surface area contributed by atoms with Crippen molar-refractivity contribution in [2.45, 2.75) is 57.2 Å². The van der Waals surface area contributed by atoms with Gasteiger partial charge < -0.3 is 14.8 Å². The van der Waals surface area contributed by atoms with Crippen LogP contribution in [0.4, 0.5) is 10.1 Å². The number of benzene rings is 3. The first kappa shape index (κ1) is 26.4. The molecule has 0 bridgehead atoms. The van der Waals surface area contributed by atoms with Crippen molar-refractivity contribution in [1.29, 1.82) is 0 Å². The molecule has 3 aromatic rings. The second kappa shape index (κ2) is 11.7. The summed E-state index contributed by atoms with van der Waals surface area (Å²) in [6.07, 6.45) is 3.86. The van der Waals surface area contributed by atoms with Gasteiger partial charge in [0, 0.05) is 17.3 Å². The van der Waals surface area contributed by atoms with Gasteiger partial charge in [-0.25, -0.2) is 4.39 Å². The zero-order chi connectivity index (χ0) is 27.4. The fourth-order valence-electron chi connectivity index (χ4n) is 5.15. The molecule has 0 unspecified atom stereocenters. The Balaban J connectivity index is 1.55. The third-order valence-electron chi connectivity index (χ3n) is 7.22. The zero-order valence-electron chi connectivity index (χ0n) is 21.8. The highest BCUT2D eigenvalue weighted by Crippen LogP contribution is 2.35. The van der Waals surface area contributed by atoms with Crippen molar-refractivity contribution in [3.8, 4) is 11.5 Å². The highest BCUT2D eigenvalue weighted by Gasteiger charge is 2.39. The maximum Gasteiger partial charge on any atom is 0.272 e. The second-order valence-corrected chi connectivity index (χ2v) is 9.97. The third-order valence-corrected chi connectivity index (χ3v) is 7.22. The zero-order valence-corrected chi connectivity index (χ0v) is 21.8.